The Hall–Kier alpha value is -2.42. The smallest absolute Gasteiger partial charge is 0.269 e. The number of nitro groups is 1. The normalized spacial score (nSPS) is 9.94. The lowest BCUT2D eigenvalue weighted by atomic mass is 10.3. The number of hydrogen-bond donors (Lipinski definition) is 1. The van der Waals surface area contributed by atoms with Crippen LogP contribution < -0.4 is 5.43 Å². The lowest BCUT2D eigenvalue weighted by Gasteiger charge is -1.98. The van der Waals surface area contributed by atoms with Crippen molar-refractivity contribution in [2.45, 2.75) is 12.8 Å². The van der Waals surface area contributed by atoms with E-state index in [0.717, 1.165) is 0 Å². The summed E-state index contributed by atoms with van der Waals surface area (Å²) in [5.41, 5.74) is 3.41. The number of unbranched alkanes of at least 4 members (excludes halogenated alkanes) is 1. The third kappa shape index (κ3) is 3.75. The van der Waals surface area contributed by atoms with E-state index in [9.17, 15) is 10.1 Å². The molecule has 0 aliphatic heterocycles. The molecule has 0 saturated carbocycles. The van der Waals surface area contributed by atoms with Gasteiger partial charge in [-0.1, -0.05) is 0 Å². The highest BCUT2D eigenvalue weighted by Gasteiger charge is 2.02. The fraction of sp³-hybridized carbons (Fsp3) is 0.200. The Balaban J connectivity index is 2.47. The van der Waals surface area contributed by atoms with Gasteiger partial charge in [0.05, 0.1) is 16.7 Å². The first-order chi connectivity index (χ1) is 7.74. The summed E-state index contributed by atoms with van der Waals surface area (Å²) in [5.74, 6) is 0. The van der Waals surface area contributed by atoms with Crippen molar-refractivity contribution in [1.29, 1.82) is 5.26 Å². The van der Waals surface area contributed by atoms with Crippen molar-refractivity contribution in [3.63, 3.8) is 0 Å². The van der Waals surface area contributed by atoms with Crippen molar-refractivity contribution >= 4 is 17.6 Å². The van der Waals surface area contributed by atoms with Crippen LogP contribution in [-0.4, -0.2) is 11.1 Å². The number of nitrogens with one attached hydrogen (secondary N) is 1. The summed E-state index contributed by atoms with van der Waals surface area (Å²) in [4.78, 5) is 9.91. The maximum atomic E-state index is 10.4. The van der Waals surface area contributed by atoms with Crippen LogP contribution in [0.15, 0.2) is 29.4 Å². The number of anilines is 1. The number of hydrogen-bond acceptors (Lipinski definition) is 5. The van der Waals surface area contributed by atoms with Gasteiger partial charge >= 0.3 is 0 Å². The van der Waals surface area contributed by atoms with Crippen molar-refractivity contribution in [3.05, 3.63) is 34.4 Å². The van der Waals surface area contributed by atoms with Gasteiger partial charge in [-0.15, -0.1) is 0 Å². The van der Waals surface area contributed by atoms with E-state index >= 15 is 0 Å². The molecule has 1 N–H and O–H groups in total. The zero-order valence-corrected chi connectivity index (χ0v) is 8.46. The van der Waals surface area contributed by atoms with Crippen LogP contribution in [0.5, 0.6) is 0 Å². The minimum Gasteiger partial charge on any atom is -0.279 e. The predicted octanol–water partition coefficient (Wildman–Crippen LogP) is 2.30. The molecule has 0 aromatic heterocycles. The van der Waals surface area contributed by atoms with Gasteiger partial charge in [0.1, 0.15) is 0 Å². The quantitative estimate of drug-likeness (QED) is 0.355. The Morgan fingerprint density at radius 1 is 1.50 bits per heavy atom. The molecule has 0 saturated heterocycles. The SMILES string of the molecule is N#CCC/C=N\Nc1ccc([N+](=O)[O-])cc1. The fourth-order valence-corrected chi connectivity index (χ4v) is 0.972. The van der Waals surface area contributed by atoms with Gasteiger partial charge in [-0.25, -0.2) is 0 Å². The summed E-state index contributed by atoms with van der Waals surface area (Å²) in [6.45, 7) is 0. The highest BCUT2D eigenvalue weighted by atomic mass is 16.6. The first-order valence-corrected chi connectivity index (χ1v) is 4.63. The van der Waals surface area contributed by atoms with Crippen LogP contribution in [0.1, 0.15) is 12.8 Å². The molecule has 0 amide bonds. The van der Waals surface area contributed by atoms with Crippen LogP contribution in [0, 0.1) is 21.4 Å². The van der Waals surface area contributed by atoms with Gasteiger partial charge in [-0.2, -0.15) is 10.4 Å². The Morgan fingerprint density at radius 3 is 2.75 bits per heavy atom. The molecule has 0 atom stereocenters. The van der Waals surface area contributed by atoms with Crippen LogP contribution in [0.25, 0.3) is 0 Å². The minimum absolute atomic E-state index is 0.0408. The van der Waals surface area contributed by atoms with E-state index in [4.69, 9.17) is 5.26 Å². The van der Waals surface area contributed by atoms with Crippen LogP contribution >= 0.6 is 0 Å². The second-order valence-corrected chi connectivity index (χ2v) is 2.92. The molecule has 0 aliphatic rings. The van der Waals surface area contributed by atoms with Gasteiger partial charge in [0.2, 0.25) is 0 Å². The van der Waals surface area contributed by atoms with Crippen molar-refractivity contribution in [1.82, 2.24) is 0 Å². The summed E-state index contributed by atoms with van der Waals surface area (Å²) in [7, 11) is 0. The third-order valence-corrected chi connectivity index (χ3v) is 1.75. The molecule has 1 aromatic carbocycles. The molecule has 1 rings (SSSR count). The molecule has 0 fully saturated rings. The summed E-state index contributed by atoms with van der Waals surface area (Å²) >= 11 is 0. The first kappa shape index (κ1) is 11.7. The molecule has 16 heavy (non-hydrogen) atoms. The summed E-state index contributed by atoms with van der Waals surface area (Å²) in [6.07, 6.45) is 2.59. The van der Waals surface area contributed by atoms with Gasteiger partial charge in [0.25, 0.3) is 5.69 Å². The standard InChI is InChI=1S/C10H10N4O2/c11-7-1-2-8-12-13-9-3-5-10(6-4-9)14(15)16/h3-6,8,13H,1-2H2/b12-8-. The molecule has 0 bridgehead atoms. The maximum absolute atomic E-state index is 10.4. The molecule has 0 aliphatic carbocycles. The van der Waals surface area contributed by atoms with E-state index in [-0.39, 0.29) is 5.69 Å². The van der Waals surface area contributed by atoms with Crippen LogP contribution in [0.2, 0.25) is 0 Å². The topological polar surface area (TPSA) is 91.3 Å². The van der Waals surface area contributed by atoms with Gasteiger partial charge in [0.15, 0.2) is 0 Å². The number of rotatable bonds is 5. The summed E-state index contributed by atoms with van der Waals surface area (Å²) < 4.78 is 0. The first-order valence-electron chi connectivity index (χ1n) is 4.63. The number of hydrazone groups is 1. The van der Waals surface area contributed by atoms with Gasteiger partial charge in [0, 0.05) is 24.8 Å². The highest BCUT2D eigenvalue weighted by molar-refractivity contribution is 5.60. The molecule has 1 aromatic rings. The van der Waals surface area contributed by atoms with E-state index in [1.807, 2.05) is 6.07 Å². The highest BCUT2D eigenvalue weighted by Crippen LogP contribution is 2.14. The summed E-state index contributed by atoms with van der Waals surface area (Å²) in [5, 5.41) is 22.5. The van der Waals surface area contributed by atoms with Crippen molar-refractivity contribution in [3.8, 4) is 6.07 Å². The number of benzene rings is 1. The van der Waals surface area contributed by atoms with Crippen molar-refractivity contribution in [2.75, 3.05) is 5.43 Å². The molecular formula is C10H10N4O2. The Morgan fingerprint density at radius 2 is 2.19 bits per heavy atom. The van der Waals surface area contributed by atoms with Crippen LogP contribution in [0.4, 0.5) is 11.4 Å². The fourth-order valence-electron chi connectivity index (χ4n) is 0.972. The maximum Gasteiger partial charge on any atom is 0.269 e. The molecule has 6 nitrogen and oxygen atoms in total. The number of nitro benzene ring substituents is 1. The molecule has 0 heterocycles. The second-order valence-electron chi connectivity index (χ2n) is 2.92. The average molecular weight is 218 g/mol. The van der Waals surface area contributed by atoms with Gasteiger partial charge in [-0.05, 0) is 18.6 Å². The summed E-state index contributed by atoms with van der Waals surface area (Å²) in [6, 6.07) is 7.92. The number of non-ortho nitro benzene ring substituents is 1. The van der Waals surface area contributed by atoms with E-state index in [2.05, 4.69) is 10.5 Å². The lowest BCUT2D eigenvalue weighted by molar-refractivity contribution is -0.384. The van der Waals surface area contributed by atoms with Crippen LogP contribution in [-0.2, 0) is 0 Å². The molecule has 82 valence electrons. The van der Waals surface area contributed by atoms with Crippen molar-refractivity contribution < 1.29 is 4.92 Å². The Kier molecular flexibility index (Phi) is 4.47. The van der Waals surface area contributed by atoms with Gasteiger partial charge < -0.3 is 0 Å². The molecule has 0 radical (unpaired) electrons. The predicted molar refractivity (Wildman–Crippen MR) is 60.1 cm³/mol. The molecule has 6 heteroatoms. The lowest BCUT2D eigenvalue weighted by Crippen LogP contribution is -1.91. The van der Waals surface area contributed by atoms with E-state index in [0.29, 0.717) is 18.5 Å². The third-order valence-electron chi connectivity index (χ3n) is 1.75. The Labute approximate surface area is 92.4 Å². The van der Waals surface area contributed by atoms with Crippen molar-refractivity contribution in [2.24, 2.45) is 5.10 Å². The van der Waals surface area contributed by atoms with E-state index in [1.165, 1.54) is 12.1 Å². The largest absolute Gasteiger partial charge is 0.279 e. The molecule has 0 unspecified atom stereocenters. The van der Waals surface area contributed by atoms with Crippen LogP contribution in [0.3, 0.4) is 0 Å². The second kappa shape index (κ2) is 6.14. The number of nitrogens with zero attached hydrogens (tertiary/aromatic N) is 3. The zero-order chi connectivity index (χ0) is 11.8. The van der Waals surface area contributed by atoms with E-state index in [1.54, 1.807) is 18.3 Å². The molecule has 0 spiro atoms. The molecular weight excluding hydrogens is 208 g/mol. The number of nitriles is 1. The average Bonchev–Trinajstić information content (AvgIpc) is 2.29. The monoisotopic (exact) mass is 218 g/mol. The van der Waals surface area contributed by atoms with E-state index < -0.39 is 4.92 Å². The Bertz CT molecular complexity index is 419. The van der Waals surface area contributed by atoms with Gasteiger partial charge in [-0.3, -0.25) is 15.5 Å². The zero-order valence-electron chi connectivity index (χ0n) is 8.46. The minimum atomic E-state index is -0.458.